The lowest BCUT2D eigenvalue weighted by atomic mass is 9.85. The Morgan fingerprint density at radius 2 is 0.797 bits per heavy atom. The summed E-state index contributed by atoms with van der Waals surface area (Å²) >= 11 is 0. The molecule has 0 aliphatic heterocycles. The van der Waals surface area contributed by atoms with E-state index in [4.69, 9.17) is 0 Å². The molecule has 0 spiro atoms. The Balaban J connectivity index is 1.13. The minimum absolute atomic E-state index is 1.05. The molecule has 2 aromatic heterocycles. The standard InChI is InChI=1S/C56H37N3/c1-3-19-47-38(13-1)15-9-25-49(47)56-52-23-7-5-21-50(52)55(51-22-6-8-24-53(51)56)40-27-29-45(30-28-40)59(54-26-10-16-39-14-2-4-20-48(39)54)46-34-43(41-17-11-31-57-36-41)33-44(35-46)42-18-12-32-58-37-42/h1-37H. The van der Waals surface area contributed by atoms with Gasteiger partial charge in [0.25, 0.3) is 0 Å². The molecule has 276 valence electrons. The van der Waals surface area contributed by atoms with Crippen LogP contribution in [0.15, 0.2) is 225 Å². The molecule has 11 aromatic rings. The molecule has 3 heteroatoms. The molecule has 59 heavy (non-hydrogen) atoms. The van der Waals surface area contributed by atoms with Gasteiger partial charge in [-0.05, 0) is 120 Å². The minimum atomic E-state index is 1.05. The van der Waals surface area contributed by atoms with E-state index in [0.717, 1.165) is 39.3 Å². The number of hydrogen-bond acceptors (Lipinski definition) is 3. The lowest BCUT2D eigenvalue weighted by Gasteiger charge is -2.28. The Morgan fingerprint density at radius 1 is 0.305 bits per heavy atom. The third-order valence-corrected chi connectivity index (χ3v) is 11.6. The van der Waals surface area contributed by atoms with Crippen molar-refractivity contribution in [3.63, 3.8) is 0 Å². The molecule has 9 aromatic carbocycles. The van der Waals surface area contributed by atoms with Crippen LogP contribution in [-0.4, -0.2) is 9.97 Å². The van der Waals surface area contributed by atoms with Gasteiger partial charge in [0, 0.05) is 52.7 Å². The molecule has 2 heterocycles. The largest absolute Gasteiger partial charge is 0.310 e. The van der Waals surface area contributed by atoms with E-state index >= 15 is 0 Å². The second kappa shape index (κ2) is 14.6. The number of fused-ring (bicyclic) bond motifs is 4. The number of aromatic nitrogens is 2. The third-order valence-electron chi connectivity index (χ3n) is 11.6. The van der Waals surface area contributed by atoms with Gasteiger partial charge in [-0.25, -0.2) is 0 Å². The molecule has 0 aliphatic rings. The van der Waals surface area contributed by atoms with Crippen LogP contribution in [0.2, 0.25) is 0 Å². The summed E-state index contributed by atoms with van der Waals surface area (Å²) in [6, 6.07) is 72.5. The van der Waals surface area contributed by atoms with Gasteiger partial charge in [0.05, 0.1) is 5.69 Å². The Hall–Kier alpha value is -7.88. The summed E-state index contributed by atoms with van der Waals surface area (Å²) in [7, 11) is 0. The fraction of sp³-hybridized carbons (Fsp3) is 0. The maximum absolute atomic E-state index is 4.49. The summed E-state index contributed by atoms with van der Waals surface area (Å²) in [5, 5.41) is 9.82. The molecule has 11 rings (SSSR count). The molecular weight excluding hydrogens is 715 g/mol. The Bertz CT molecular complexity index is 3200. The molecule has 0 saturated carbocycles. The molecule has 3 nitrogen and oxygen atoms in total. The van der Waals surface area contributed by atoms with Gasteiger partial charge in [-0.15, -0.1) is 0 Å². The zero-order valence-electron chi connectivity index (χ0n) is 32.2. The van der Waals surface area contributed by atoms with Crippen molar-refractivity contribution in [1.82, 2.24) is 9.97 Å². The highest BCUT2D eigenvalue weighted by molar-refractivity contribution is 6.23. The summed E-state index contributed by atoms with van der Waals surface area (Å²) in [6.07, 6.45) is 7.51. The Morgan fingerprint density at radius 3 is 1.37 bits per heavy atom. The summed E-state index contributed by atoms with van der Waals surface area (Å²) < 4.78 is 0. The molecule has 0 bridgehead atoms. The predicted octanol–water partition coefficient (Wildman–Crippen LogP) is 15.2. The smallest absolute Gasteiger partial charge is 0.0540 e. The van der Waals surface area contributed by atoms with Crippen LogP contribution in [-0.2, 0) is 0 Å². The molecule has 0 fully saturated rings. The number of nitrogens with zero attached hydrogens (tertiary/aromatic N) is 3. The number of rotatable bonds is 7. The number of hydrogen-bond donors (Lipinski definition) is 0. The molecule has 0 N–H and O–H groups in total. The van der Waals surface area contributed by atoms with Crippen LogP contribution in [0.1, 0.15) is 0 Å². The van der Waals surface area contributed by atoms with Gasteiger partial charge in [-0.3, -0.25) is 9.97 Å². The van der Waals surface area contributed by atoms with Crippen molar-refractivity contribution in [2.24, 2.45) is 0 Å². The molecule has 0 saturated heterocycles. The second-order valence-corrected chi connectivity index (χ2v) is 15.0. The van der Waals surface area contributed by atoms with Crippen LogP contribution < -0.4 is 4.90 Å². The first-order valence-electron chi connectivity index (χ1n) is 20.0. The minimum Gasteiger partial charge on any atom is -0.310 e. The molecular formula is C56H37N3. The highest BCUT2D eigenvalue weighted by atomic mass is 15.1. The van der Waals surface area contributed by atoms with E-state index in [-0.39, 0.29) is 0 Å². The SMILES string of the molecule is c1cncc(-c2cc(-c3cccnc3)cc(N(c3ccc(-c4c5ccccc5c(-c5cccc6ccccc56)c5ccccc45)cc3)c3cccc4ccccc34)c2)c1. The van der Waals surface area contributed by atoms with Crippen LogP contribution in [0.4, 0.5) is 17.1 Å². The first kappa shape index (κ1) is 34.4. The second-order valence-electron chi connectivity index (χ2n) is 15.0. The van der Waals surface area contributed by atoms with E-state index in [1.54, 1.807) is 0 Å². The Labute approximate surface area is 343 Å². The van der Waals surface area contributed by atoms with E-state index in [2.05, 4.69) is 203 Å². The zero-order chi connectivity index (χ0) is 39.1. The number of anilines is 3. The van der Waals surface area contributed by atoms with Crippen molar-refractivity contribution in [2.45, 2.75) is 0 Å². The molecule has 0 unspecified atom stereocenters. The van der Waals surface area contributed by atoms with E-state index in [1.165, 1.54) is 65.3 Å². The van der Waals surface area contributed by atoms with Gasteiger partial charge in [0.15, 0.2) is 0 Å². The van der Waals surface area contributed by atoms with Crippen molar-refractivity contribution in [2.75, 3.05) is 4.90 Å². The topological polar surface area (TPSA) is 29.0 Å². The van der Waals surface area contributed by atoms with Crippen molar-refractivity contribution >= 4 is 60.2 Å². The normalized spacial score (nSPS) is 11.4. The Kier molecular flexibility index (Phi) is 8.49. The fourth-order valence-electron chi connectivity index (χ4n) is 8.92. The predicted molar refractivity (Wildman–Crippen MR) is 248 cm³/mol. The van der Waals surface area contributed by atoms with Gasteiger partial charge in [0.2, 0.25) is 0 Å². The van der Waals surface area contributed by atoms with Gasteiger partial charge in [0.1, 0.15) is 0 Å². The summed E-state index contributed by atoms with van der Waals surface area (Å²) in [5.74, 6) is 0. The van der Waals surface area contributed by atoms with E-state index in [0.29, 0.717) is 0 Å². The van der Waals surface area contributed by atoms with Crippen LogP contribution in [0.5, 0.6) is 0 Å². The maximum Gasteiger partial charge on any atom is 0.0540 e. The highest BCUT2D eigenvalue weighted by Gasteiger charge is 2.21. The highest BCUT2D eigenvalue weighted by Crippen LogP contribution is 2.47. The van der Waals surface area contributed by atoms with Gasteiger partial charge >= 0.3 is 0 Å². The van der Waals surface area contributed by atoms with E-state index < -0.39 is 0 Å². The maximum atomic E-state index is 4.49. The summed E-state index contributed by atoms with van der Waals surface area (Å²) in [6.45, 7) is 0. The number of pyridine rings is 2. The quantitative estimate of drug-likeness (QED) is 0.152. The summed E-state index contributed by atoms with van der Waals surface area (Å²) in [4.78, 5) is 11.4. The van der Waals surface area contributed by atoms with E-state index in [9.17, 15) is 0 Å². The zero-order valence-corrected chi connectivity index (χ0v) is 32.2. The summed E-state index contributed by atoms with van der Waals surface area (Å²) in [5.41, 5.74) is 12.4. The van der Waals surface area contributed by atoms with Crippen molar-refractivity contribution in [3.8, 4) is 44.5 Å². The molecule has 0 atom stereocenters. The van der Waals surface area contributed by atoms with Crippen molar-refractivity contribution in [3.05, 3.63) is 225 Å². The van der Waals surface area contributed by atoms with Crippen LogP contribution in [0.25, 0.3) is 87.6 Å². The lowest BCUT2D eigenvalue weighted by Crippen LogP contribution is -2.11. The average molecular weight is 752 g/mol. The van der Waals surface area contributed by atoms with E-state index in [1.807, 2.05) is 36.9 Å². The third kappa shape index (κ3) is 6.08. The first-order chi connectivity index (χ1) is 29.3. The molecule has 0 radical (unpaired) electrons. The lowest BCUT2D eigenvalue weighted by molar-refractivity contribution is 1.29. The van der Waals surface area contributed by atoms with Gasteiger partial charge < -0.3 is 4.90 Å². The van der Waals surface area contributed by atoms with Crippen LogP contribution >= 0.6 is 0 Å². The van der Waals surface area contributed by atoms with Crippen LogP contribution in [0, 0.1) is 0 Å². The monoisotopic (exact) mass is 751 g/mol. The average Bonchev–Trinajstić information content (AvgIpc) is 3.31. The number of benzene rings is 9. The van der Waals surface area contributed by atoms with Crippen molar-refractivity contribution in [1.29, 1.82) is 0 Å². The fourth-order valence-corrected chi connectivity index (χ4v) is 8.92. The van der Waals surface area contributed by atoms with Crippen molar-refractivity contribution < 1.29 is 0 Å². The van der Waals surface area contributed by atoms with Gasteiger partial charge in [-0.1, -0.05) is 152 Å². The molecule has 0 amide bonds. The first-order valence-corrected chi connectivity index (χ1v) is 20.0. The van der Waals surface area contributed by atoms with Crippen LogP contribution in [0.3, 0.4) is 0 Å². The van der Waals surface area contributed by atoms with Gasteiger partial charge in [-0.2, -0.15) is 0 Å². The molecule has 0 aliphatic carbocycles.